The molecule has 4 rings (SSSR count). The van der Waals surface area contributed by atoms with E-state index in [4.69, 9.17) is 19.2 Å². The van der Waals surface area contributed by atoms with Crippen molar-refractivity contribution < 1.29 is 14.2 Å². The molecule has 2 aromatic heterocycles. The normalized spacial score (nSPS) is 17.6. The summed E-state index contributed by atoms with van der Waals surface area (Å²) in [6, 6.07) is 3.64. The van der Waals surface area contributed by atoms with E-state index in [-0.39, 0.29) is 0 Å². The zero-order valence-corrected chi connectivity index (χ0v) is 16.2. The third-order valence-electron chi connectivity index (χ3n) is 4.89. The Morgan fingerprint density at radius 3 is 2.04 bits per heavy atom. The maximum atomic E-state index is 5.41. The molecular weight excluding hydrogens is 362 g/mol. The molecule has 4 heterocycles. The first-order valence-electron chi connectivity index (χ1n) is 9.39. The van der Waals surface area contributed by atoms with Gasteiger partial charge in [0, 0.05) is 45.5 Å². The van der Waals surface area contributed by atoms with E-state index in [0.29, 0.717) is 17.7 Å². The van der Waals surface area contributed by atoms with Crippen molar-refractivity contribution in [1.82, 2.24) is 19.9 Å². The third-order valence-corrected chi connectivity index (χ3v) is 4.89. The average Bonchev–Trinajstić information content (AvgIpc) is 2.79. The van der Waals surface area contributed by atoms with Gasteiger partial charge in [-0.3, -0.25) is 0 Å². The summed E-state index contributed by atoms with van der Waals surface area (Å²) in [4.78, 5) is 24.7. The predicted octanol–water partition coefficient (Wildman–Crippen LogP) is 0.447. The van der Waals surface area contributed by atoms with Gasteiger partial charge in [-0.1, -0.05) is 0 Å². The van der Waals surface area contributed by atoms with Gasteiger partial charge in [0.25, 0.3) is 0 Å². The van der Waals surface area contributed by atoms with Crippen molar-refractivity contribution in [2.24, 2.45) is 0 Å². The Morgan fingerprint density at radius 2 is 1.39 bits per heavy atom. The van der Waals surface area contributed by atoms with Gasteiger partial charge in [-0.15, -0.1) is 0 Å². The Bertz CT molecular complexity index is 770. The summed E-state index contributed by atoms with van der Waals surface area (Å²) < 4.78 is 15.9. The van der Waals surface area contributed by atoms with Crippen LogP contribution in [0.5, 0.6) is 11.8 Å². The van der Waals surface area contributed by atoms with Crippen LogP contribution >= 0.6 is 0 Å². The number of rotatable bonds is 5. The second kappa shape index (κ2) is 8.42. The standard InChI is InChI=1S/C18H25N7O3/c1-26-15-13-16(27-2)22-18(21-15)24-7-5-23(6-8-24)14-3-4-19-17(20-14)25-9-11-28-12-10-25/h3-4,13H,5-12H2,1-2H3. The van der Waals surface area contributed by atoms with Crippen LogP contribution in [0.3, 0.4) is 0 Å². The first-order valence-corrected chi connectivity index (χ1v) is 9.39. The molecule has 0 N–H and O–H groups in total. The predicted molar refractivity (Wildman–Crippen MR) is 105 cm³/mol. The Balaban J connectivity index is 1.43. The number of piperazine rings is 1. The number of anilines is 3. The smallest absolute Gasteiger partial charge is 0.232 e. The van der Waals surface area contributed by atoms with E-state index >= 15 is 0 Å². The molecule has 0 aliphatic carbocycles. The summed E-state index contributed by atoms with van der Waals surface area (Å²) in [6.07, 6.45) is 1.83. The SMILES string of the molecule is COc1cc(OC)nc(N2CCN(c3ccnc(N4CCOCC4)n3)CC2)n1. The topological polar surface area (TPSA) is 89.0 Å². The van der Waals surface area contributed by atoms with Crippen LogP contribution in [-0.4, -0.2) is 86.6 Å². The fourth-order valence-electron chi connectivity index (χ4n) is 3.31. The van der Waals surface area contributed by atoms with Crippen molar-refractivity contribution in [1.29, 1.82) is 0 Å². The highest BCUT2D eigenvalue weighted by molar-refractivity contribution is 5.46. The Morgan fingerprint density at radius 1 is 0.786 bits per heavy atom. The molecule has 0 amide bonds. The quantitative estimate of drug-likeness (QED) is 0.720. The van der Waals surface area contributed by atoms with Crippen LogP contribution < -0.4 is 24.2 Å². The van der Waals surface area contributed by atoms with Gasteiger partial charge in [-0.05, 0) is 6.07 Å². The lowest BCUT2D eigenvalue weighted by molar-refractivity contribution is 0.122. The van der Waals surface area contributed by atoms with Gasteiger partial charge in [-0.2, -0.15) is 15.0 Å². The molecule has 2 aliphatic heterocycles. The maximum Gasteiger partial charge on any atom is 0.232 e. The summed E-state index contributed by atoms with van der Waals surface area (Å²) in [7, 11) is 3.18. The minimum Gasteiger partial charge on any atom is -0.481 e. The Labute approximate surface area is 164 Å². The summed E-state index contributed by atoms with van der Waals surface area (Å²) in [5.74, 6) is 3.32. The lowest BCUT2D eigenvalue weighted by Crippen LogP contribution is -2.47. The van der Waals surface area contributed by atoms with Gasteiger partial charge in [0.15, 0.2) is 0 Å². The van der Waals surface area contributed by atoms with Crippen LogP contribution in [0.1, 0.15) is 0 Å². The Hall–Kier alpha value is -2.88. The monoisotopic (exact) mass is 387 g/mol. The molecule has 150 valence electrons. The number of methoxy groups -OCH3 is 2. The minimum atomic E-state index is 0.496. The fourth-order valence-corrected chi connectivity index (χ4v) is 3.31. The van der Waals surface area contributed by atoms with E-state index in [1.165, 1.54) is 0 Å². The van der Waals surface area contributed by atoms with E-state index < -0.39 is 0 Å². The summed E-state index contributed by atoms with van der Waals surface area (Å²) in [6.45, 7) is 6.30. The number of nitrogens with zero attached hydrogens (tertiary/aromatic N) is 7. The van der Waals surface area contributed by atoms with Gasteiger partial charge in [0.1, 0.15) is 5.82 Å². The number of ether oxygens (including phenoxy) is 3. The number of hydrogen-bond acceptors (Lipinski definition) is 10. The van der Waals surface area contributed by atoms with Crippen LogP contribution in [0.25, 0.3) is 0 Å². The Kier molecular flexibility index (Phi) is 5.56. The molecule has 2 aliphatic rings. The highest BCUT2D eigenvalue weighted by Gasteiger charge is 2.22. The number of aromatic nitrogens is 4. The van der Waals surface area contributed by atoms with Gasteiger partial charge >= 0.3 is 0 Å². The van der Waals surface area contributed by atoms with Gasteiger partial charge < -0.3 is 28.9 Å². The van der Waals surface area contributed by atoms with E-state index in [0.717, 1.165) is 64.2 Å². The average molecular weight is 387 g/mol. The molecular formula is C18H25N7O3. The van der Waals surface area contributed by atoms with Crippen molar-refractivity contribution >= 4 is 17.7 Å². The maximum absolute atomic E-state index is 5.41. The summed E-state index contributed by atoms with van der Waals surface area (Å²) >= 11 is 0. The van der Waals surface area contributed by atoms with Gasteiger partial charge in [0.05, 0.1) is 33.5 Å². The van der Waals surface area contributed by atoms with Crippen LogP contribution in [0.4, 0.5) is 17.7 Å². The van der Waals surface area contributed by atoms with E-state index in [2.05, 4.69) is 29.7 Å². The van der Waals surface area contributed by atoms with Crippen molar-refractivity contribution in [3.63, 3.8) is 0 Å². The molecule has 0 atom stereocenters. The van der Waals surface area contributed by atoms with Gasteiger partial charge in [0.2, 0.25) is 23.7 Å². The highest BCUT2D eigenvalue weighted by atomic mass is 16.5. The zero-order chi connectivity index (χ0) is 19.3. The van der Waals surface area contributed by atoms with E-state index in [9.17, 15) is 0 Å². The van der Waals surface area contributed by atoms with Crippen LogP contribution in [0.15, 0.2) is 18.3 Å². The lowest BCUT2D eigenvalue weighted by atomic mass is 10.3. The molecule has 0 radical (unpaired) electrons. The van der Waals surface area contributed by atoms with Crippen LogP contribution in [0.2, 0.25) is 0 Å². The van der Waals surface area contributed by atoms with Crippen molar-refractivity contribution in [3.8, 4) is 11.8 Å². The first-order chi connectivity index (χ1) is 13.8. The molecule has 28 heavy (non-hydrogen) atoms. The summed E-state index contributed by atoms with van der Waals surface area (Å²) in [5, 5.41) is 0. The molecule has 2 aromatic rings. The van der Waals surface area contributed by atoms with Crippen molar-refractivity contribution in [2.45, 2.75) is 0 Å². The molecule has 2 fully saturated rings. The van der Waals surface area contributed by atoms with Crippen molar-refractivity contribution in [2.75, 3.05) is 81.4 Å². The fraction of sp³-hybridized carbons (Fsp3) is 0.556. The highest BCUT2D eigenvalue weighted by Crippen LogP contribution is 2.23. The molecule has 0 bridgehead atoms. The van der Waals surface area contributed by atoms with Crippen LogP contribution in [-0.2, 0) is 4.74 Å². The molecule has 10 heteroatoms. The molecule has 0 aromatic carbocycles. The van der Waals surface area contributed by atoms with E-state index in [1.807, 2.05) is 12.3 Å². The number of morpholine rings is 1. The summed E-state index contributed by atoms with van der Waals surface area (Å²) in [5.41, 5.74) is 0. The van der Waals surface area contributed by atoms with Gasteiger partial charge in [-0.25, -0.2) is 4.98 Å². The molecule has 0 saturated carbocycles. The molecule has 10 nitrogen and oxygen atoms in total. The first kappa shape index (κ1) is 18.5. The second-order valence-electron chi connectivity index (χ2n) is 6.54. The third kappa shape index (κ3) is 4.01. The largest absolute Gasteiger partial charge is 0.481 e. The molecule has 2 saturated heterocycles. The molecule has 0 spiro atoms. The zero-order valence-electron chi connectivity index (χ0n) is 16.2. The lowest BCUT2D eigenvalue weighted by Gasteiger charge is -2.36. The minimum absolute atomic E-state index is 0.496. The second-order valence-corrected chi connectivity index (χ2v) is 6.54. The van der Waals surface area contributed by atoms with Crippen LogP contribution in [0, 0.1) is 0 Å². The molecule has 0 unspecified atom stereocenters. The number of hydrogen-bond donors (Lipinski definition) is 0. The van der Waals surface area contributed by atoms with Crippen molar-refractivity contribution in [3.05, 3.63) is 18.3 Å². The van der Waals surface area contributed by atoms with E-state index in [1.54, 1.807) is 20.3 Å².